The summed E-state index contributed by atoms with van der Waals surface area (Å²) in [7, 11) is 2.04. The molecule has 1 aromatic carbocycles. The Bertz CT molecular complexity index is 367. The fourth-order valence-corrected chi connectivity index (χ4v) is 2.10. The van der Waals surface area contributed by atoms with Crippen molar-refractivity contribution < 1.29 is 5.11 Å². The van der Waals surface area contributed by atoms with Crippen LogP contribution in [0.25, 0.3) is 0 Å². The fraction of sp³-hybridized carbons (Fsp3) is 0.500. The van der Waals surface area contributed by atoms with Crippen LogP contribution in [0.15, 0.2) is 30.3 Å². The number of aliphatic hydroxyl groups is 1. The number of rotatable bonds is 7. The number of aliphatic hydroxyl groups excluding tert-OH is 1. The molecule has 1 aromatic rings. The van der Waals surface area contributed by atoms with Crippen molar-refractivity contribution in [1.29, 1.82) is 0 Å². The van der Waals surface area contributed by atoms with Gasteiger partial charge in [-0.1, -0.05) is 42.5 Å². The highest BCUT2D eigenvalue weighted by Gasteiger charge is 2.17. The molecule has 0 heterocycles. The van der Waals surface area contributed by atoms with Gasteiger partial charge in [-0.25, -0.2) is 0 Å². The first-order valence-electron chi connectivity index (χ1n) is 6.22. The fourth-order valence-electron chi connectivity index (χ4n) is 1.94. The third-order valence-electron chi connectivity index (χ3n) is 3.01. The Hall–Kier alpha value is -0.970. The van der Waals surface area contributed by atoms with E-state index in [-0.39, 0.29) is 12.1 Å². The summed E-state index contributed by atoms with van der Waals surface area (Å²) in [5.41, 5.74) is 6.89. The van der Waals surface area contributed by atoms with Gasteiger partial charge in [-0.2, -0.15) is 0 Å². The van der Waals surface area contributed by atoms with Gasteiger partial charge >= 0.3 is 0 Å². The van der Waals surface area contributed by atoms with E-state index in [1.165, 1.54) is 5.56 Å². The predicted octanol–water partition coefficient (Wildman–Crippen LogP) is 2.11. The highest BCUT2D eigenvalue weighted by molar-refractivity contribution is 7.80. The average Bonchev–Trinajstić information content (AvgIpc) is 2.34. The van der Waals surface area contributed by atoms with Gasteiger partial charge in [0.2, 0.25) is 0 Å². The van der Waals surface area contributed by atoms with Crippen LogP contribution in [0.1, 0.15) is 31.4 Å². The van der Waals surface area contributed by atoms with Gasteiger partial charge in [0, 0.05) is 19.0 Å². The summed E-state index contributed by atoms with van der Waals surface area (Å²) in [6, 6.07) is 10.4. The van der Waals surface area contributed by atoms with E-state index in [1.54, 1.807) is 6.92 Å². The molecule has 3 N–H and O–H groups in total. The van der Waals surface area contributed by atoms with Crippen molar-refractivity contribution in [1.82, 2.24) is 4.90 Å². The molecule has 18 heavy (non-hydrogen) atoms. The Morgan fingerprint density at radius 3 is 2.50 bits per heavy atom. The van der Waals surface area contributed by atoms with E-state index in [4.69, 9.17) is 18.0 Å². The SMILES string of the molecule is CC(O)CCN(C)C(CC(N)=S)c1ccccc1. The predicted molar refractivity (Wildman–Crippen MR) is 79.5 cm³/mol. The van der Waals surface area contributed by atoms with Gasteiger partial charge in [0.1, 0.15) is 0 Å². The van der Waals surface area contributed by atoms with Crippen molar-refractivity contribution in [2.75, 3.05) is 13.6 Å². The van der Waals surface area contributed by atoms with E-state index in [0.29, 0.717) is 11.4 Å². The normalized spacial score (nSPS) is 14.4. The van der Waals surface area contributed by atoms with Crippen LogP contribution in [0, 0.1) is 0 Å². The average molecular weight is 266 g/mol. The maximum Gasteiger partial charge on any atom is 0.0746 e. The highest BCUT2D eigenvalue weighted by atomic mass is 32.1. The summed E-state index contributed by atoms with van der Waals surface area (Å²) >= 11 is 5.03. The number of hydrogen-bond acceptors (Lipinski definition) is 3. The van der Waals surface area contributed by atoms with Crippen molar-refractivity contribution in [3.05, 3.63) is 35.9 Å². The molecule has 0 aliphatic heterocycles. The summed E-state index contributed by atoms with van der Waals surface area (Å²) in [6.07, 6.45) is 1.13. The third kappa shape index (κ3) is 5.12. The zero-order valence-corrected chi connectivity index (χ0v) is 11.9. The molecule has 100 valence electrons. The number of nitrogens with zero attached hydrogens (tertiary/aromatic N) is 1. The van der Waals surface area contributed by atoms with Gasteiger partial charge in [-0.3, -0.25) is 4.90 Å². The lowest BCUT2D eigenvalue weighted by Gasteiger charge is -2.28. The molecule has 1 rings (SSSR count). The van der Waals surface area contributed by atoms with Crippen molar-refractivity contribution in [2.45, 2.75) is 31.9 Å². The van der Waals surface area contributed by atoms with Gasteiger partial charge in [0.05, 0.1) is 11.1 Å². The maximum atomic E-state index is 9.36. The Balaban J connectivity index is 2.75. The quantitative estimate of drug-likeness (QED) is 0.742. The van der Waals surface area contributed by atoms with E-state index in [1.807, 2.05) is 25.2 Å². The molecule has 0 fully saturated rings. The van der Waals surface area contributed by atoms with Crippen LogP contribution in [0.4, 0.5) is 0 Å². The molecule has 0 spiro atoms. The molecule has 0 radical (unpaired) electrons. The summed E-state index contributed by atoms with van der Waals surface area (Å²) < 4.78 is 0. The second kappa shape index (κ2) is 7.46. The summed E-state index contributed by atoms with van der Waals surface area (Å²) in [6.45, 7) is 2.62. The standard InChI is InChI=1S/C14H22N2OS/c1-11(17)8-9-16(2)13(10-14(15)18)12-6-4-3-5-7-12/h3-7,11,13,17H,8-10H2,1-2H3,(H2,15,18). The first kappa shape index (κ1) is 15.1. The summed E-state index contributed by atoms with van der Waals surface area (Å²) in [5.74, 6) is 0. The van der Waals surface area contributed by atoms with Crippen LogP contribution in [-0.2, 0) is 0 Å². The highest BCUT2D eigenvalue weighted by Crippen LogP contribution is 2.23. The monoisotopic (exact) mass is 266 g/mol. The molecule has 0 saturated carbocycles. The van der Waals surface area contributed by atoms with Gasteiger partial charge in [0.15, 0.2) is 0 Å². The molecule has 0 amide bonds. The first-order valence-corrected chi connectivity index (χ1v) is 6.63. The molecule has 0 aromatic heterocycles. The van der Waals surface area contributed by atoms with Crippen molar-refractivity contribution in [3.8, 4) is 0 Å². The van der Waals surface area contributed by atoms with Crippen molar-refractivity contribution >= 4 is 17.2 Å². The van der Waals surface area contributed by atoms with Crippen molar-refractivity contribution in [3.63, 3.8) is 0 Å². The largest absolute Gasteiger partial charge is 0.393 e. The molecule has 0 saturated heterocycles. The van der Waals surface area contributed by atoms with E-state index < -0.39 is 0 Å². The Morgan fingerprint density at radius 1 is 1.39 bits per heavy atom. The van der Waals surface area contributed by atoms with E-state index >= 15 is 0 Å². The Morgan fingerprint density at radius 2 is 2.00 bits per heavy atom. The minimum atomic E-state index is -0.284. The molecule has 0 bridgehead atoms. The molecule has 2 atom stereocenters. The third-order valence-corrected chi connectivity index (χ3v) is 3.18. The zero-order valence-electron chi connectivity index (χ0n) is 11.0. The minimum Gasteiger partial charge on any atom is -0.393 e. The molecular formula is C14H22N2OS. The first-order chi connectivity index (χ1) is 8.50. The lowest BCUT2D eigenvalue weighted by molar-refractivity contribution is 0.150. The number of nitrogens with two attached hydrogens (primary N) is 1. The smallest absolute Gasteiger partial charge is 0.0746 e. The number of benzene rings is 1. The van der Waals surface area contributed by atoms with Crippen LogP contribution in [0.3, 0.4) is 0 Å². The Labute approximate surface area is 115 Å². The topological polar surface area (TPSA) is 49.5 Å². The molecule has 0 aliphatic rings. The van der Waals surface area contributed by atoms with E-state index in [2.05, 4.69) is 17.0 Å². The lowest BCUT2D eigenvalue weighted by Crippen LogP contribution is -2.30. The van der Waals surface area contributed by atoms with E-state index in [0.717, 1.165) is 13.0 Å². The van der Waals surface area contributed by atoms with Gasteiger partial charge in [-0.15, -0.1) is 0 Å². The molecule has 0 aliphatic carbocycles. The second-order valence-corrected chi connectivity index (χ2v) is 5.24. The molecular weight excluding hydrogens is 244 g/mol. The molecule has 3 nitrogen and oxygen atoms in total. The maximum absolute atomic E-state index is 9.36. The van der Waals surface area contributed by atoms with Gasteiger partial charge in [-0.05, 0) is 26.0 Å². The zero-order chi connectivity index (χ0) is 13.5. The minimum absolute atomic E-state index is 0.183. The molecule has 2 unspecified atom stereocenters. The van der Waals surface area contributed by atoms with Crippen molar-refractivity contribution in [2.24, 2.45) is 5.73 Å². The van der Waals surface area contributed by atoms with Crippen LogP contribution in [0.5, 0.6) is 0 Å². The van der Waals surface area contributed by atoms with Crippen LogP contribution in [-0.4, -0.2) is 34.7 Å². The van der Waals surface area contributed by atoms with Crippen LogP contribution >= 0.6 is 12.2 Å². The summed E-state index contributed by atoms with van der Waals surface area (Å²) in [5, 5.41) is 9.36. The van der Waals surface area contributed by atoms with Gasteiger partial charge < -0.3 is 10.8 Å². The lowest BCUT2D eigenvalue weighted by atomic mass is 10.0. The molecule has 4 heteroatoms. The summed E-state index contributed by atoms with van der Waals surface area (Å²) in [4.78, 5) is 2.72. The second-order valence-electron chi connectivity index (χ2n) is 4.72. The van der Waals surface area contributed by atoms with Crippen LogP contribution in [0.2, 0.25) is 0 Å². The number of thiocarbonyl (C=S) groups is 1. The number of hydrogen-bond donors (Lipinski definition) is 2. The van der Waals surface area contributed by atoms with Crippen LogP contribution < -0.4 is 5.73 Å². The van der Waals surface area contributed by atoms with E-state index in [9.17, 15) is 5.11 Å². The Kier molecular flexibility index (Phi) is 6.25. The van der Waals surface area contributed by atoms with Gasteiger partial charge in [0.25, 0.3) is 0 Å².